The van der Waals surface area contributed by atoms with Crippen LogP contribution in [0, 0.1) is 0 Å². The normalized spacial score (nSPS) is 11.8. The van der Waals surface area contributed by atoms with Crippen LogP contribution in [0.2, 0.25) is 0 Å². The van der Waals surface area contributed by atoms with E-state index in [2.05, 4.69) is 155 Å². The molecular formula is C39H25N3. The average molecular weight is 536 g/mol. The molecule has 6 aromatic carbocycles. The second-order valence-corrected chi connectivity index (χ2v) is 10.9. The number of aromatic nitrogens is 3. The van der Waals surface area contributed by atoms with E-state index >= 15 is 0 Å². The summed E-state index contributed by atoms with van der Waals surface area (Å²) in [5, 5.41) is 6.17. The van der Waals surface area contributed by atoms with Gasteiger partial charge in [0.1, 0.15) is 0 Å². The third-order valence-corrected chi connectivity index (χ3v) is 8.54. The highest BCUT2D eigenvalue weighted by Crippen LogP contribution is 2.39. The minimum Gasteiger partial charge on any atom is -0.309 e. The molecule has 3 heteroatoms. The maximum Gasteiger partial charge on any atom is 0.0730 e. The van der Waals surface area contributed by atoms with Gasteiger partial charge in [0, 0.05) is 38.3 Å². The summed E-state index contributed by atoms with van der Waals surface area (Å²) < 4.78 is 4.70. The molecule has 0 amide bonds. The summed E-state index contributed by atoms with van der Waals surface area (Å²) >= 11 is 0. The zero-order valence-corrected chi connectivity index (χ0v) is 22.8. The summed E-state index contributed by atoms with van der Waals surface area (Å²) in [5.74, 6) is 0. The Hall–Kier alpha value is -5.67. The smallest absolute Gasteiger partial charge is 0.0730 e. The molecule has 3 heterocycles. The molecule has 0 saturated heterocycles. The highest BCUT2D eigenvalue weighted by molar-refractivity contribution is 6.21. The van der Waals surface area contributed by atoms with Gasteiger partial charge in [-0.25, -0.2) is 0 Å². The molecule has 0 saturated carbocycles. The first-order valence-corrected chi connectivity index (χ1v) is 14.3. The summed E-state index contributed by atoms with van der Waals surface area (Å²) in [5.41, 5.74) is 10.5. The topological polar surface area (TPSA) is 22.8 Å². The molecule has 42 heavy (non-hydrogen) atoms. The quantitative estimate of drug-likeness (QED) is 0.221. The molecule has 9 aromatic rings. The van der Waals surface area contributed by atoms with Crippen LogP contribution in [0.25, 0.3) is 77.0 Å². The van der Waals surface area contributed by atoms with Crippen LogP contribution in [0.5, 0.6) is 0 Å². The molecule has 0 unspecified atom stereocenters. The Balaban J connectivity index is 1.32. The van der Waals surface area contributed by atoms with E-state index in [1.54, 1.807) is 0 Å². The molecule has 0 radical (unpaired) electrons. The van der Waals surface area contributed by atoms with Crippen molar-refractivity contribution in [1.82, 2.24) is 14.1 Å². The third kappa shape index (κ3) is 3.31. The first kappa shape index (κ1) is 23.1. The van der Waals surface area contributed by atoms with E-state index < -0.39 is 0 Å². The van der Waals surface area contributed by atoms with Crippen LogP contribution >= 0.6 is 0 Å². The third-order valence-electron chi connectivity index (χ3n) is 8.54. The molecule has 0 bridgehead atoms. The van der Waals surface area contributed by atoms with Gasteiger partial charge in [-0.3, -0.25) is 4.98 Å². The van der Waals surface area contributed by atoms with Gasteiger partial charge in [-0.05, 0) is 71.8 Å². The molecule has 0 N–H and O–H groups in total. The van der Waals surface area contributed by atoms with Crippen LogP contribution in [0.4, 0.5) is 0 Å². The van der Waals surface area contributed by atoms with Crippen molar-refractivity contribution in [2.45, 2.75) is 0 Å². The zero-order chi connectivity index (χ0) is 27.6. The number of para-hydroxylation sites is 4. The van der Waals surface area contributed by atoms with Gasteiger partial charge < -0.3 is 9.13 Å². The van der Waals surface area contributed by atoms with E-state index in [1.807, 2.05) is 6.20 Å². The predicted octanol–water partition coefficient (Wildman–Crippen LogP) is 10.1. The number of hydrogen-bond donors (Lipinski definition) is 0. The van der Waals surface area contributed by atoms with Gasteiger partial charge in [0.25, 0.3) is 0 Å². The molecule has 3 aromatic heterocycles. The van der Waals surface area contributed by atoms with E-state index in [9.17, 15) is 0 Å². The van der Waals surface area contributed by atoms with Gasteiger partial charge in [0.2, 0.25) is 0 Å². The van der Waals surface area contributed by atoms with Crippen molar-refractivity contribution in [2.75, 3.05) is 0 Å². The lowest BCUT2D eigenvalue weighted by molar-refractivity contribution is 1.17. The van der Waals surface area contributed by atoms with Crippen LogP contribution < -0.4 is 0 Å². The van der Waals surface area contributed by atoms with Crippen molar-refractivity contribution in [1.29, 1.82) is 0 Å². The second kappa shape index (κ2) is 8.92. The van der Waals surface area contributed by atoms with E-state index in [0.29, 0.717) is 0 Å². The average Bonchev–Trinajstić information content (AvgIpc) is 3.58. The Morgan fingerprint density at radius 3 is 1.62 bits per heavy atom. The number of hydrogen-bond acceptors (Lipinski definition) is 1. The van der Waals surface area contributed by atoms with E-state index in [0.717, 1.165) is 16.7 Å². The maximum atomic E-state index is 4.84. The van der Waals surface area contributed by atoms with Crippen molar-refractivity contribution in [3.8, 4) is 22.5 Å². The first-order chi connectivity index (χ1) is 20.8. The fourth-order valence-electron chi connectivity index (χ4n) is 6.69. The van der Waals surface area contributed by atoms with E-state index in [1.165, 1.54) is 60.3 Å². The fourth-order valence-corrected chi connectivity index (χ4v) is 6.69. The van der Waals surface area contributed by atoms with Crippen molar-refractivity contribution in [3.05, 3.63) is 152 Å². The van der Waals surface area contributed by atoms with E-state index in [4.69, 9.17) is 4.98 Å². The number of benzene rings is 6. The largest absolute Gasteiger partial charge is 0.309 e. The fraction of sp³-hybridized carbons (Fsp3) is 0. The van der Waals surface area contributed by atoms with Crippen molar-refractivity contribution in [2.24, 2.45) is 0 Å². The lowest BCUT2D eigenvalue weighted by atomic mass is 10.00. The van der Waals surface area contributed by atoms with Gasteiger partial charge in [-0.15, -0.1) is 0 Å². The van der Waals surface area contributed by atoms with Gasteiger partial charge in [-0.2, -0.15) is 0 Å². The van der Waals surface area contributed by atoms with Gasteiger partial charge in [-0.1, -0.05) is 84.9 Å². The molecule has 0 aliphatic carbocycles. The molecule has 3 nitrogen and oxygen atoms in total. The number of rotatable bonds is 3. The standard InChI is InChI=1S/C39H25N3/c1-3-11-28(12-4-1)41-35-18-10-8-15-30(35)32-23-26(19-21-36(32)41)27-20-22-37-33(24-27)39-31-16-7-9-17-34(31)40-25-38(39)42(37)29-13-5-2-6-14-29/h1-25H. The Morgan fingerprint density at radius 2 is 0.905 bits per heavy atom. The Bertz CT molecular complexity index is 2450. The molecule has 0 atom stereocenters. The highest BCUT2D eigenvalue weighted by atomic mass is 15.0. The van der Waals surface area contributed by atoms with Gasteiger partial charge >= 0.3 is 0 Å². The summed E-state index contributed by atoms with van der Waals surface area (Å²) in [6.07, 6.45) is 2.02. The highest BCUT2D eigenvalue weighted by Gasteiger charge is 2.17. The number of fused-ring (bicyclic) bond motifs is 8. The SMILES string of the molecule is c1ccc(-n2c3ccccc3c3cc(-c4ccc5c(c4)c4c6ccccc6ncc4n5-c4ccccc4)ccc32)cc1. The van der Waals surface area contributed by atoms with Crippen LogP contribution in [-0.2, 0) is 0 Å². The molecular weight excluding hydrogens is 510 g/mol. The van der Waals surface area contributed by atoms with Crippen molar-refractivity contribution in [3.63, 3.8) is 0 Å². The minimum atomic E-state index is 1.01. The summed E-state index contributed by atoms with van der Waals surface area (Å²) in [4.78, 5) is 4.84. The van der Waals surface area contributed by atoms with Crippen LogP contribution in [0.1, 0.15) is 0 Å². The van der Waals surface area contributed by atoms with Crippen LogP contribution in [0.3, 0.4) is 0 Å². The van der Waals surface area contributed by atoms with E-state index in [-0.39, 0.29) is 0 Å². The molecule has 0 aliphatic heterocycles. The predicted molar refractivity (Wildman–Crippen MR) is 176 cm³/mol. The van der Waals surface area contributed by atoms with Gasteiger partial charge in [0.05, 0.1) is 33.8 Å². The van der Waals surface area contributed by atoms with Crippen molar-refractivity contribution < 1.29 is 0 Å². The first-order valence-electron chi connectivity index (χ1n) is 14.3. The second-order valence-electron chi connectivity index (χ2n) is 10.9. The minimum absolute atomic E-state index is 1.01. The zero-order valence-electron chi connectivity index (χ0n) is 22.8. The van der Waals surface area contributed by atoms with Gasteiger partial charge in [0.15, 0.2) is 0 Å². The molecule has 9 rings (SSSR count). The maximum absolute atomic E-state index is 4.84. The van der Waals surface area contributed by atoms with Crippen molar-refractivity contribution >= 4 is 54.5 Å². The molecule has 0 aliphatic rings. The summed E-state index contributed by atoms with van der Waals surface area (Å²) in [6, 6.07) is 52.1. The Morgan fingerprint density at radius 1 is 0.381 bits per heavy atom. The Labute approximate surface area is 242 Å². The molecule has 0 spiro atoms. The molecule has 196 valence electrons. The number of pyridine rings is 1. The lowest BCUT2D eigenvalue weighted by Crippen LogP contribution is -1.93. The Kier molecular flexibility index (Phi) is 4.90. The van der Waals surface area contributed by atoms with Crippen LogP contribution in [-0.4, -0.2) is 14.1 Å². The monoisotopic (exact) mass is 535 g/mol. The summed E-state index contributed by atoms with van der Waals surface area (Å²) in [7, 11) is 0. The molecule has 0 fully saturated rings. The van der Waals surface area contributed by atoms with Crippen LogP contribution in [0.15, 0.2) is 152 Å². The lowest BCUT2D eigenvalue weighted by Gasteiger charge is -2.09. The number of nitrogens with zero attached hydrogens (tertiary/aromatic N) is 3. The summed E-state index contributed by atoms with van der Waals surface area (Å²) in [6.45, 7) is 0.